The highest BCUT2D eigenvalue weighted by Crippen LogP contribution is 2.31. The molecule has 1 heterocycles. The lowest BCUT2D eigenvalue weighted by Gasteiger charge is -2.29. The van der Waals surface area contributed by atoms with E-state index >= 15 is 0 Å². The first-order chi connectivity index (χ1) is 19.8. The number of carbonyl (C=O) groups excluding carboxylic acids is 5. The summed E-state index contributed by atoms with van der Waals surface area (Å²) in [7, 11) is 0. The summed E-state index contributed by atoms with van der Waals surface area (Å²) in [6.45, 7) is 1.85. The monoisotopic (exact) mass is 555 g/mol. The number of benzene rings is 3. The van der Waals surface area contributed by atoms with E-state index < -0.39 is 18.0 Å². The molecule has 10 heteroatoms. The number of imide groups is 1. The first-order valence-corrected chi connectivity index (χ1v) is 13.5. The van der Waals surface area contributed by atoms with Gasteiger partial charge in [-0.25, -0.2) is 4.79 Å². The van der Waals surface area contributed by atoms with Crippen molar-refractivity contribution in [2.75, 3.05) is 17.2 Å². The Labute approximate surface area is 236 Å². The van der Waals surface area contributed by atoms with Crippen LogP contribution in [0.2, 0.25) is 0 Å². The van der Waals surface area contributed by atoms with Crippen molar-refractivity contribution in [1.29, 1.82) is 0 Å². The number of nitrogens with zero attached hydrogens (tertiary/aromatic N) is 1. The van der Waals surface area contributed by atoms with E-state index in [9.17, 15) is 24.0 Å². The van der Waals surface area contributed by atoms with Gasteiger partial charge in [0.1, 0.15) is 5.75 Å². The van der Waals surface area contributed by atoms with Crippen molar-refractivity contribution in [3.63, 3.8) is 0 Å². The summed E-state index contributed by atoms with van der Waals surface area (Å²) in [5, 5.41) is 5.54. The fourth-order valence-corrected chi connectivity index (χ4v) is 5.07. The lowest BCUT2D eigenvalue weighted by atomic mass is 9.94. The Morgan fingerprint density at radius 3 is 2.05 bits per heavy atom. The van der Waals surface area contributed by atoms with Crippen LogP contribution >= 0.6 is 0 Å². The molecule has 1 aliphatic carbocycles. The van der Waals surface area contributed by atoms with Gasteiger partial charge in [-0.15, -0.1) is 0 Å². The molecule has 3 aromatic rings. The maximum atomic E-state index is 13.1. The molecular formula is C31H29N3O7. The molecule has 0 aromatic heterocycles. The highest BCUT2D eigenvalue weighted by Gasteiger charge is 2.40. The predicted molar refractivity (Wildman–Crippen MR) is 150 cm³/mol. The molecule has 10 nitrogen and oxygen atoms in total. The molecule has 0 atom stereocenters. The molecule has 41 heavy (non-hydrogen) atoms. The van der Waals surface area contributed by atoms with Crippen molar-refractivity contribution in [2.24, 2.45) is 0 Å². The van der Waals surface area contributed by atoms with Crippen LogP contribution in [0.3, 0.4) is 0 Å². The van der Waals surface area contributed by atoms with Crippen molar-refractivity contribution in [3.05, 3.63) is 89.0 Å². The first kappa shape index (κ1) is 27.6. The topological polar surface area (TPSA) is 131 Å². The maximum Gasteiger partial charge on any atom is 0.513 e. The molecule has 0 saturated heterocycles. The Balaban J connectivity index is 1.23. The lowest BCUT2D eigenvalue weighted by Crippen LogP contribution is -2.40. The fourth-order valence-electron chi connectivity index (χ4n) is 5.07. The quantitative estimate of drug-likeness (QED) is 0.219. The SMILES string of the molecule is CCOC(=O)Oc1ccc(C(=O)Nc2cccc(NC(=O)c3ccc4c(c3)C(=O)N(C3CCCCC3)C4=O)c2)cc1. The maximum absolute atomic E-state index is 13.1. The Morgan fingerprint density at radius 2 is 1.39 bits per heavy atom. The number of fused-ring (bicyclic) bond motifs is 1. The average Bonchev–Trinajstić information content (AvgIpc) is 3.23. The number of amides is 4. The molecule has 0 radical (unpaired) electrons. The molecule has 3 aromatic carbocycles. The Morgan fingerprint density at radius 1 is 0.780 bits per heavy atom. The van der Waals surface area contributed by atoms with Crippen molar-refractivity contribution in [3.8, 4) is 5.75 Å². The summed E-state index contributed by atoms with van der Waals surface area (Å²) in [6, 6.07) is 17.0. The van der Waals surface area contributed by atoms with Crippen LogP contribution in [-0.2, 0) is 4.74 Å². The molecule has 2 aliphatic rings. The molecule has 4 amide bonds. The van der Waals surface area contributed by atoms with Crippen LogP contribution in [-0.4, -0.2) is 47.3 Å². The Bertz CT molecular complexity index is 1510. The van der Waals surface area contributed by atoms with Crippen LogP contribution in [0.5, 0.6) is 5.75 Å². The highest BCUT2D eigenvalue weighted by atomic mass is 16.7. The minimum atomic E-state index is -0.829. The third-order valence-corrected chi connectivity index (χ3v) is 7.08. The van der Waals surface area contributed by atoms with Gasteiger partial charge >= 0.3 is 6.16 Å². The zero-order valence-electron chi connectivity index (χ0n) is 22.5. The normalized spacial score (nSPS) is 14.8. The van der Waals surface area contributed by atoms with Gasteiger partial charge in [-0.1, -0.05) is 25.3 Å². The molecule has 1 fully saturated rings. The largest absolute Gasteiger partial charge is 0.513 e. The fraction of sp³-hybridized carbons (Fsp3) is 0.258. The molecule has 2 N–H and O–H groups in total. The highest BCUT2D eigenvalue weighted by molar-refractivity contribution is 6.22. The number of carbonyl (C=O) groups is 5. The molecule has 0 bridgehead atoms. The van der Waals surface area contributed by atoms with Gasteiger partial charge in [0.15, 0.2) is 0 Å². The summed E-state index contributed by atoms with van der Waals surface area (Å²) in [6.07, 6.45) is 3.87. The van der Waals surface area contributed by atoms with Crippen LogP contribution in [0.25, 0.3) is 0 Å². The number of nitrogens with one attached hydrogen (secondary N) is 2. The molecule has 210 valence electrons. The first-order valence-electron chi connectivity index (χ1n) is 13.5. The summed E-state index contributed by atoms with van der Waals surface area (Å²) >= 11 is 0. The van der Waals surface area contributed by atoms with E-state index in [0.717, 1.165) is 32.1 Å². The van der Waals surface area contributed by atoms with E-state index in [4.69, 9.17) is 9.47 Å². The number of hydrogen-bond donors (Lipinski definition) is 2. The van der Waals surface area contributed by atoms with Crippen LogP contribution in [0.15, 0.2) is 66.7 Å². The predicted octanol–water partition coefficient (Wildman–Crippen LogP) is 5.66. The van der Waals surface area contributed by atoms with Gasteiger partial charge in [-0.3, -0.25) is 24.1 Å². The third-order valence-electron chi connectivity index (χ3n) is 7.08. The lowest BCUT2D eigenvalue weighted by molar-refractivity contribution is 0.0548. The van der Waals surface area contributed by atoms with Gasteiger partial charge in [-0.05, 0) is 80.4 Å². The molecule has 0 unspecified atom stereocenters. The van der Waals surface area contributed by atoms with E-state index in [2.05, 4.69) is 10.6 Å². The van der Waals surface area contributed by atoms with Crippen LogP contribution in [0, 0.1) is 0 Å². The zero-order chi connectivity index (χ0) is 28.9. The van der Waals surface area contributed by atoms with Gasteiger partial charge in [-0.2, -0.15) is 0 Å². The van der Waals surface area contributed by atoms with E-state index in [-0.39, 0.29) is 41.3 Å². The molecule has 5 rings (SSSR count). The van der Waals surface area contributed by atoms with Crippen molar-refractivity contribution in [1.82, 2.24) is 4.90 Å². The van der Waals surface area contributed by atoms with Gasteiger partial charge < -0.3 is 20.1 Å². The third kappa shape index (κ3) is 6.11. The summed E-state index contributed by atoms with van der Waals surface area (Å²) in [5.41, 5.74) is 2.01. The van der Waals surface area contributed by atoms with E-state index in [1.807, 2.05) is 0 Å². The van der Waals surface area contributed by atoms with Crippen LogP contribution in [0.4, 0.5) is 16.2 Å². The molecular weight excluding hydrogens is 526 g/mol. The standard InChI is InChI=1S/C31H29N3O7/c1-2-40-31(39)41-24-14-11-19(12-15-24)27(35)32-21-7-6-8-22(18-21)33-28(36)20-13-16-25-26(17-20)30(38)34(29(25)37)23-9-4-3-5-10-23/h6-8,11-18,23H,2-5,9-10H2,1H3,(H,32,35)(H,33,36). The summed E-state index contributed by atoms with van der Waals surface area (Å²) < 4.78 is 9.72. The molecule has 0 spiro atoms. The van der Waals surface area contributed by atoms with Gasteiger partial charge in [0.25, 0.3) is 23.6 Å². The number of anilines is 2. The number of rotatable bonds is 7. The summed E-state index contributed by atoms with van der Waals surface area (Å²) in [5.74, 6) is -1.26. The van der Waals surface area contributed by atoms with E-state index in [1.165, 1.54) is 47.4 Å². The molecule has 1 saturated carbocycles. The van der Waals surface area contributed by atoms with Crippen LogP contribution < -0.4 is 15.4 Å². The Hall–Kier alpha value is -4.99. The second kappa shape index (κ2) is 12.0. The van der Waals surface area contributed by atoms with E-state index in [1.54, 1.807) is 31.2 Å². The van der Waals surface area contributed by atoms with Crippen molar-refractivity contribution < 1.29 is 33.4 Å². The van der Waals surface area contributed by atoms with Gasteiger partial charge in [0.2, 0.25) is 0 Å². The van der Waals surface area contributed by atoms with Crippen molar-refractivity contribution in [2.45, 2.75) is 45.1 Å². The second-order valence-electron chi connectivity index (χ2n) is 9.83. The Kier molecular flexibility index (Phi) is 8.09. The van der Waals surface area contributed by atoms with Gasteiger partial charge in [0, 0.05) is 28.5 Å². The summed E-state index contributed by atoms with van der Waals surface area (Å²) in [4.78, 5) is 64.6. The average molecular weight is 556 g/mol. The van der Waals surface area contributed by atoms with E-state index in [0.29, 0.717) is 22.5 Å². The minimum absolute atomic E-state index is 0.0951. The van der Waals surface area contributed by atoms with Gasteiger partial charge in [0.05, 0.1) is 17.7 Å². The van der Waals surface area contributed by atoms with Crippen molar-refractivity contribution >= 4 is 41.2 Å². The number of hydrogen-bond acceptors (Lipinski definition) is 7. The smallest absolute Gasteiger partial charge is 0.434 e. The zero-order valence-corrected chi connectivity index (χ0v) is 22.5. The molecule has 1 aliphatic heterocycles. The second-order valence-corrected chi connectivity index (χ2v) is 9.83. The number of ether oxygens (including phenoxy) is 2. The minimum Gasteiger partial charge on any atom is -0.434 e. The van der Waals surface area contributed by atoms with Crippen LogP contribution in [0.1, 0.15) is 80.5 Å².